The number of carbonyl (C=O) groups excluding carboxylic acids is 2. The Kier molecular flexibility index (Phi) is 6.57. The second-order valence-corrected chi connectivity index (χ2v) is 9.75. The summed E-state index contributed by atoms with van der Waals surface area (Å²) in [5, 5.41) is 4.46. The fraction of sp³-hybridized carbons (Fsp3) is 0.458. The first-order chi connectivity index (χ1) is 16.5. The highest BCUT2D eigenvalue weighted by atomic mass is 32.1. The molecule has 34 heavy (non-hydrogen) atoms. The summed E-state index contributed by atoms with van der Waals surface area (Å²) >= 11 is 1.67. The quantitative estimate of drug-likeness (QED) is 0.512. The molecular weight excluding hydrogens is 454 g/mol. The van der Waals surface area contributed by atoms with Crippen LogP contribution in [0.5, 0.6) is 5.88 Å². The molecule has 0 spiro atoms. The third-order valence-corrected chi connectivity index (χ3v) is 7.29. The number of benzene rings is 1. The summed E-state index contributed by atoms with van der Waals surface area (Å²) in [6.07, 6.45) is 6.75. The van der Waals surface area contributed by atoms with Crippen LogP contribution in [0.3, 0.4) is 0 Å². The second-order valence-electron chi connectivity index (χ2n) is 8.72. The van der Waals surface area contributed by atoms with Gasteiger partial charge in [-0.3, -0.25) is 14.6 Å². The molecule has 10 heteroatoms. The van der Waals surface area contributed by atoms with Gasteiger partial charge in [-0.2, -0.15) is 0 Å². The van der Waals surface area contributed by atoms with E-state index in [2.05, 4.69) is 26.3 Å². The molecule has 1 amide bonds. The molecule has 9 nitrogen and oxygen atoms in total. The van der Waals surface area contributed by atoms with E-state index in [9.17, 15) is 9.59 Å². The molecule has 3 heterocycles. The van der Waals surface area contributed by atoms with Crippen LogP contribution >= 0.6 is 11.3 Å². The molecular formula is C24H27N5O4S. The lowest BCUT2D eigenvalue weighted by Crippen LogP contribution is -2.43. The monoisotopic (exact) mass is 481 g/mol. The molecule has 0 unspecified atom stereocenters. The summed E-state index contributed by atoms with van der Waals surface area (Å²) in [5.74, 6) is 0.164. The van der Waals surface area contributed by atoms with Gasteiger partial charge >= 0.3 is 5.97 Å². The summed E-state index contributed by atoms with van der Waals surface area (Å²) < 4.78 is 12.2. The second kappa shape index (κ2) is 9.92. The Labute approximate surface area is 201 Å². The first-order valence-corrected chi connectivity index (χ1v) is 12.4. The zero-order valence-electron chi connectivity index (χ0n) is 19.0. The maximum atomic E-state index is 12.2. The minimum Gasteiger partial charge on any atom is -0.473 e. The molecule has 1 N–H and O–H groups in total. The van der Waals surface area contributed by atoms with E-state index >= 15 is 0 Å². The standard InChI is InChI=1S/C24H27N5O4S/c1-15(30)32-14-21(31)29-10-6-16(7-11-29)22-23(26-9-8-25-22)33-18-12-17(13-18)27-24-28-19-4-2-3-5-20(19)34-24/h2-5,8-9,16-18H,6-7,10-14H2,1H3,(H,27,28)/t17-,18+. The van der Waals surface area contributed by atoms with Gasteiger partial charge in [-0.25, -0.2) is 9.97 Å². The number of ether oxygens (including phenoxy) is 2. The summed E-state index contributed by atoms with van der Waals surface area (Å²) in [6, 6.07) is 8.47. The van der Waals surface area contributed by atoms with Gasteiger partial charge in [0.25, 0.3) is 5.91 Å². The van der Waals surface area contributed by atoms with Crippen LogP contribution in [0.25, 0.3) is 10.2 Å². The number of likely N-dealkylation sites (tertiary alicyclic amines) is 1. The van der Waals surface area contributed by atoms with Crippen LogP contribution < -0.4 is 10.1 Å². The Morgan fingerprint density at radius 2 is 1.91 bits per heavy atom. The number of carbonyl (C=O) groups is 2. The minimum atomic E-state index is -0.446. The number of amides is 1. The first-order valence-electron chi connectivity index (χ1n) is 11.6. The number of rotatable bonds is 7. The van der Waals surface area contributed by atoms with Crippen LogP contribution in [0.4, 0.5) is 5.13 Å². The number of thiazole rings is 1. The number of hydrogen-bond acceptors (Lipinski definition) is 9. The van der Waals surface area contributed by atoms with Gasteiger partial charge in [0, 0.05) is 57.2 Å². The predicted octanol–water partition coefficient (Wildman–Crippen LogP) is 3.38. The van der Waals surface area contributed by atoms with E-state index in [1.165, 1.54) is 11.6 Å². The molecule has 1 aromatic carbocycles. The zero-order valence-corrected chi connectivity index (χ0v) is 19.8. The summed E-state index contributed by atoms with van der Waals surface area (Å²) in [6.45, 7) is 2.29. The largest absolute Gasteiger partial charge is 0.473 e. The molecule has 1 aliphatic carbocycles. The van der Waals surface area contributed by atoms with Gasteiger partial charge < -0.3 is 19.7 Å². The molecule has 5 rings (SSSR count). The van der Waals surface area contributed by atoms with Gasteiger partial charge in [0.2, 0.25) is 5.88 Å². The van der Waals surface area contributed by atoms with Crippen LogP contribution in [0, 0.1) is 0 Å². The summed E-state index contributed by atoms with van der Waals surface area (Å²) in [4.78, 5) is 38.6. The van der Waals surface area contributed by atoms with E-state index in [1.807, 2.05) is 18.2 Å². The smallest absolute Gasteiger partial charge is 0.303 e. The van der Waals surface area contributed by atoms with E-state index in [1.54, 1.807) is 28.6 Å². The molecule has 0 radical (unpaired) electrons. The van der Waals surface area contributed by atoms with Gasteiger partial charge in [-0.1, -0.05) is 23.5 Å². The van der Waals surface area contributed by atoms with Crippen LogP contribution in [-0.2, 0) is 14.3 Å². The number of nitrogens with one attached hydrogen (secondary N) is 1. The molecule has 2 aliphatic rings. The number of anilines is 1. The number of aromatic nitrogens is 3. The summed E-state index contributed by atoms with van der Waals surface area (Å²) in [7, 11) is 0. The van der Waals surface area contributed by atoms with E-state index in [4.69, 9.17) is 9.47 Å². The predicted molar refractivity (Wildman–Crippen MR) is 128 cm³/mol. The molecule has 3 aromatic rings. The highest BCUT2D eigenvalue weighted by Gasteiger charge is 2.34. The topological polar surface area (TPSA) is 107 Å². The number of para-hydroxylation sites is 1. The lowest BCUT2D eigenvalue weighted by atomic mass is 9.89. The molecule has 178 valence electrons. The Morgan fingerprint density at radius 3 is 2.68 bits per heavy atom. The van der Waals surface area contributed by atoms with E-state index < -0.39 is 5.97 Å². The molecule has 1 saturated carbocycles. The first kappa shape index (κ1) is 22.5. The molecule has 1 aliphatic heterocycles. The fourth-order valence-corrected chi connectivity index (χ4v) is 5.35. The molecule has 2 aromatic heterocycles. The van der Waals surface area contributed by atoms with Gasteiger partial charge in [0.15, 0.2) is 11.7 Å². The number of nitrogens with zero attached hydrogens (tertiary/aromatic N) is 4. The SMILES string of the molecule is CC(=O)OCC(=O)N1CCC(c2nccnc2O[C@H]2C[C@@H](Nc3nc4ccccc4s3)C2)CC1. The number of esters is 1. The van der Waals surface area contributed by atoms with E-state index in [0.717, 1.165) is 42.0 Å². The maximum absolute atomic E-state index is 12.2. The van der Waals surface area contributed by atoms with Crippen molar-refractivity contribution in [1.29, 1.82) is 0 Å². The summed E-state index contributed by atoms with van der Waals surface area (Å²) in [5.41, 5.74) is 1.88. The van der Waals surface area contributed by atoms with Crippen LogP contribution in [0.15, 0.2) is 36.7 Å². The fourth-order valence-electron chi connectivity index (χ4n) is 4.41. The van der Waals surface area contributed by atoms with Crippen molar-refractivity contribution in [2.45, 2.75) is 50.7 Å². The van der Waals surface area contributed by atoms with Crippen molar-refractivity contribution < 1.29 is 19.1 Å². The van der Waals surface area contributed by atoms with Crippen molar-refractivity contribution in [2.75, 3.05) is 25.0 Å². The van der Waals surface area contributed by atoms with Crippen molar-refractivity contribution in [3.8, 4) is 5.88 Å². The molecule has 2 fully saturated rings. The lowest BCUT2D eigenvalue weighted by molar-refractivity contribution is -0.150. The third kappa shape index (κ3) is 5.11. The highest BCUT2D eigenvalue weighted by Crippen LogP contribution is 2.35. The minimum absolute atomic E-state index is 0.0905. The number of fused-ring (bicyclic) bond motifs is 1. The average Bonchev–Trinajstić information content (AvgIpc) is 3.24. The van der Waals surface area contributed by atoms with Crippen LogP contribution in [0.1, 0.15) is 44.2 Å². The Hall–Kier alpha value is -3.27. The van der Waals surface area contributed by atoms with Crippen molar-refractivity contribution in [3.05, 3.63) is 42.4 Å². The maximum Gasteiger partial charge on any atom is 0.303 e. The van der Waals surface area contributed by atoms with Gasteiger partial charge in [0.1, 0.15) is 11.8 Å². The van der Waals surface area contributed by atoms with Crippen LogP contribution in [-0.4, -0.2) is 63.6 Å². The molecule has 0 atom stereocenters. The van der Waals surface area contributed by atoms with Gasteiger partial charge in [-0.05, 0) is 25.0 Å². The van der Waals surface area contributed by atoms with E-state index in [0.29, 0.717) is 25.0 Å². The van der Waals surface area contributed by atoms with E-state index in [-0.39, 0.29) is 24.5 Å². The lowest BCUT2D eigenvalue weighted by Gasteiger charge is -2.36. The van der Waals surface area contributed by atoms with Crippen molar-refractivity contribution in [2.24, 2.45) is 0 Å². The molecule has 1 saturated heterocycles. The van der Waals surface area contributed by atoms with Gasteiger partial charge in [0.05, 0.1) is 10.2 Å². The average molecular weight is 482 g/mol. The Morgan fingerprint density at radius 1 is 1.15 bits per heavy atom. The van der Waals surface area contributed by atoms with Gasteiger partial charge in [-0.15, -0.1) is 0 Å². The molecule has 0 bridgehead atoms. The normalized spacial score (nSPS) is 20.6. The van der Waals surface area contributed by atoms with Crippen molar-refractivity contribution in [1.82, 2.24) is 19.9 Å². The zero-order chi connectivity index (χ0) is 23.5. The highest BCUT2D eigenvalue weighted by molar-refractivity contribution is 7.22. The number of piperidine rings is 1. The van der Waals surface area contributed by atoms with Crippen LogP contribution in [0.2, 0.25) is 0 Å². The van der Waals surface area contributed by atoms with Crippen molar-refractivity contribution >= 4 is 38.6 Å². The third-order valence-electron chi connectivity index (χ3n) is 6.32. The van der Waals surface area contributed by atoms with Crippen molar-refractivity contribution in [3.63, 3.8) is 0 Å². The number of hydrogen-bond donors (Lipinski definition) is 1. The Bertz CT molecular complexity index is 1140. The Balaban J connectivity index is 1.13.